The van der Waals surface area contributed by atoms with Gasteiger partial charge in [-0.25, -0.2) is 5.43 Å². The molecule has 7 nitrogen and oxygen atoms in total. The van der Waals surface area contributed by atoms with Gasteiger partial charge in [-0.1, -0.05) is 15.9 Å². The number of hydrazone groups is 1. The lowest BCUT2D eigenvalue weighted by Gasteiger charge is -2.10. The molecule has 1 aromatic carbocycles. The normalized spacial score (nSPS) is 10.8. The van der Waals surface area contributed by atoms with Crippen molar-refractivity contribution in [1.29, 1.82) is 0 Å². The van der Waals surface area contributed by atoms with Crippen LogP contribution in [0.2, 0.25) is 0 Å². The first kappa shape index (κ1) is 19.5. The molecule has 0 atom stereocenters. The average Bonchev–Trinajstić information content (AvgIpc) is 3.01. The highest BCUT2D eigenvalue weighted by molar-refractivity contribution is 9.10. The predicted molar refractivity (Wildman–Crippen MR) is 110 cm³/mol. The molecule has 2 amide bonds. The highest BCUT2D eigenvalue weighted by Gasteiger charge is 2.15. The highest BCUT2D eigenvalue weighted by Crippen LogP contribution is 2.22. The number of halogens is 1. The number of aromatic nitrogens is 1. The van der Waals surface area contributed by atoms with Crippen LogP contribution in [-0.2, 0) is 0 Å². The van der Waals surface area contributed by atoms with Crippen LogP contribution in [0, 0.1) is 13.8 Å². The van der Waals surface area contributed by atoms with Gasteiger partial charge in [0.15, 0.2) is 0 Å². The summed E-state index contributed by atoms with van der Waals surface area (Å²) in [5, 5.41) is 6.66. The highest BCUT2D eigenvalue weighted by atomic mass is 79.9. The van der Waals surface area contributed by atoms with Gasteiger partial charge in [0.25, 0.3) is 11.8 Å². The van der Waals surface area contributed by atoms with E-state index in [0.717, 1.165) is 11.3 Å². The number of pyridine rings is 1. The van der Waals surface area contributed by atoms with Crippen molar-refractivity contribution < 1.29 is 14.0 Å². The molecular weight excluding hydrogens is 424 g/mol. The number of rotatable bonds is 5. The zero-order valence-electron chi connectivity index (χ0n) is 15.2. The van der Waals surface area contributed by atoms with E-state index in [1.807, 2.05) is 19.9 Å². The zero-order valence-corrected chi connectivity index (χ0v) is 16.8. The summed E-state index contributed by atoms with van der Waals surface area (Å²) in [6.07, 6.45) is 4.47. The third-order valence-corrected chi connectivity index (χ3v) is 4.45. The van der Waals surface area contributed by atoms with E-state index in [9.17, 15) is 9.59 Å². The van der Waals surface area contributed by atoms with Crippen LogP contribution in [0.5, 0.6) is 0 Å². The van der Waals surface area contributed by atoms with E-state index in [-0.39, 0.29) is 11.5 Å². The van der Waals surface area contributed by atoms with Gasteiger partial charge in [-0.15, -0.1) is 0 Å². The molecule has 0 spiro atoms. The van der Waals surface area contributed by atoms with Crippen LogP contribution in [0.3, 0.4) is 0 Å². The van der Waals surface area contributed by atoms with Gasteiger partial charge >= 0.3 is 0 Å². The summed E-state index contributed by atoms with van der Waals surface area (Å²) in [5.41, 5.74) is 4.51. The molecule has 0 aliphatic carbocycles. The van der Waals surface area contributed by atoms with Crippen LogP contribution in [0.25, 0.3) is 0 Å². The lowest BCUT2D eigenvalue weighted by atomic mass is 10.1. The third-order valence-electron chi connectivity index (χ3n) is 3.96. The standard InChI is InChI=1S/C20H17BrN4O3/c1-12-9-16(28-13(12)2)11-23-25-20(27)17-10-15(21)3-4-18(17)24-19(26)14-5-7-22-8-6-14/h3-11H,1-2H3,(H,24,26)(H,25,27)/b23-11+. The Hall–Kier alpha value is -3.26. The lowest BCUT2D eigenvalue weighted by Crippen LogP contribution is -2.21. The topological polar surface area (TPSA) is 96.6 Å². The monoisotopic (exact) mass is 440 g/mol. The molecular formula is C20H17BrN4O3. The van der Waals surface area contributed by atoms with Gasteiger partial charge in [0.05, 0.1) is 17.5 Å². The minimum absolute atomic E-state index is 0.265. The van der Waals surface area contributed by atoms with Crippen molar-refractivity contribution in [3.63, 3.8) is 0 Å². The summed E-state index contributed by atoms with van der Waals surface area (Å²) in [6, 6.07) is 9.98. The second-order valence-electron chi connectivity index (χ2n) is 5.97. The molecule has 0 radical (unpaired) electrons. The van der Waals surface area contributed by atoms with Crippen LogP contribution < -0.4 is 10.7 Å². The SMILES string of the molecule is Cc1cc(/C=N/NC(=O)c2cc(Br)ccc2NC(=O)c2ccncc2)oc1C. The molecule has 0 saturated carbocycles. The first-order valence-electron chi connectivity index (χ1n) is 8.35. The Balaban J connectivity index is 1.76. The summed E-state index contributed by atoms with van der Waals surface area (Å²) in [6.45, 7) is 3.78. The molecule has 3 rings (SSSR count). The summed E-state index contributed by atoms with van der Waals surface area (Å²) in [7, 11) is 0. The number of aryl methyl sites for hydroxylation is 2. The number of carbonyl (C=O) groups excluding carboxylic acids is 2. The Morgan fingerprint density at radius 1 is 1.11 bits per heavy atom. The minimum Gasteiger partial charge on any atom is -0.460 e. The fraction of sp³-hybridized carbons (Fsp3) is 0.100. The number of hydrogen-bond donors (Lipinski definition) is 2. The number of carbonyl (C=O) groups is 2. The Kier molecular flexibility index (Phi) is 6.00. The summed E-state index contributed by atoms with van der Waals surface area (Å²) in [5.74, 6) is 0.517. The van der Waals surface area contributed by atoms with Crippen molar-refractivity contribution in [1.82, 2.24) is 10.4 Å². The van der Waals surface area contributed by atoms with E-state index in [4.69, 9.17) is 4.42 Å². The summed E-state index contributed by atoms with van der Waals surface area (Å²) in [4.78, 5) is 28.8. The second-order valence-corrected chi connectivity index (χ2v) is 6.88. The molecule has 0 aliphatic heterocycles. The van der Waals surface area contributed by atoms with E-state index in [1.165, 1.54) is 18.6 Å². The van der Waals surface area contributed by atoms with Gasteiger partial charge in [-0.3, -0.25) is 14.6 Å². The first-order valence-corrected chi connectivity index (χ1v) is 9.14. The fourth-order valence-corrected chi connectivity index (χ4v) is 2.75. The molecule has 28 heavy (non-hydrogen) atoms. The molecule has 8 heteroatoms. The summed E-state index contributed by atoms with van der Waals surface area (Å²) < 4.78 is 6.17. The van der Waals surface area contributed by atoms with Crippen molar-refractivity contribution >= 4 is 39.6 Å². The number of amides is 2. The van der Waals surface area contributed by atoms with Gasteiger partial charge < -0.3 is 9.73 Å². The largest absolute Gasteiger partial charge is 0.460 e. The lowest BCUT2D eigenvalue weighted by molar-refractivity contribution is 0.0956. The zero-order chi connectivity index (χ0) is 20.1. The van der Waals surface area contributed by atoms with Gasteiger partial charge in [0, 0.05) is 22.4 Å². The van der Waals surface area contributed by atoms with Gasteiger partial charge in [0.1, 0.15) is 11.5 Å². The van der Waals surface area contributed by atoms with Crippen molar-refractivity contribution in [3.05, 3.63) is 81.5 Å². The van der Waals surface area contributed by atoms with Crippen molar-refractivity contribution in [2.24, 2.45) is 5.10 Å². The molecule has 2 N–H and O–H groups in total. The predicted octanol–water partition coefficient (Wildman–Crippen LogP) is 4.07. The number of hydrogen-bond acceptors (Lipinski definition) is 5. The van der Waals surface area contributed by atoms with Crippen molar-refractivity contribution in [2.45, 2.75) is 13.8 Å². The molecule has 0 bridgehead atoms. The van der Waals surface area contributed by atoms with Crippen LogP contribution in [0.1, 0.15) is 37.8 Å². The Labute approximate surface area is 170 Å². The first-order chi connectivity index (χ1) is 13.4. The number of nitrogens with one attached hydrogen (secondary N) is 2. The van der Waals surface area contributed by atoms with E-state index in [2.05, 4.69) is 36.8 Å². The van der Waals surface area contributed by atoms with Gasteiger partial charge in [-0.2, -0.15) is 5.10 Å². The van der Waals surface area contributed by atoms with E-state index < -0.39 is 5.91 Å². The molecule has 0 aliphatic rings. The molecule has 0 saturated heterocycles. The number of anilines is 1. The Bertz CT molecular complexity index is 1030. The van der Waals surface area contributed by atoms with Crippen molar-refractivity contribution in [3.8, 4) is 0 Å². The summed E-state index contributed by atoms with van der Waals surface area (Å²) >= 11 is 3.34. The Morgan fingerprint density at radius 2 is 1.86 bits per heavy atom. The molecule has 3 aromatic rings. The quantitative estimate of drug-likeness (QED) is 0.461. The third kappa shape index (κ3) is 4.72. The number of nitrogens with zero attached hydrogens (tertiary/aromatic N) is 2. The van der Waals surface area contributed by atoms with Gasteiger partial charge in [0.2, 0.25) is 0 Å². The molecule has 2 heterocycles. The van der Waals surface area contributed by atoms with E-state index >= 15 is 0 Å². The minimum atomic E-state index is -0.470. The van der Waals surface area contributed by atoms with Gasteiger partial charge in [-0.05, 0) is 55.8 Å². The van der Waals surface area contributed by atoms with Crippen molar-refractivity contribution in [2.75, 3.05) is 5.32 Å². The maximum absolute atomic E-state index is 12.6. The fourth-order valence-electron chi connectivity index (χ4n) is 2.39. The number of furan rings is 1. The molecule has 0 fully saturated rings. The van der Waals surface area contributed by atoms with Crippen LogP contribution >= 0.6 is 15.9 Å². The Morgan fingerprint density at radius 3 is 2.54 bits per heavy atom. The average molecular weight is 441 g/mol. The second kappa shape index (κ2) is 8.62. The van der Waals surface area contributed by atoms with Crippen LogP contribution in [0.15, 0.2) is 62.8 Å². The van der Waals surface area contributed by atoms with E-state index in [1.54, 1.807) is 30.3 Å². The smallest absolute Gasteiger partial charge is 0.273 e. The maximum atomic E-state index is 12.6. The molecule has 0 unspecified atom stereocenters. The maximum Gasteiger partial charge on any atom is 0.273 e. The van der Waals surface area contributed by atoms with Crippen LogP contribution in [0.4, 0.5) is 5.69 Å². The molecule has 2 aromatic heterocycles. The molecule has 142 valence electrons. The number of benzene rings is 1. The van der Waals surface area contributed by atoms with E-state index in [0.29, 0.717) is 21.5 Å². The van der Waals surface area contributed by atoms with Crippen LogP contribution in [-0.4, -0.2) is 23.0 Å².